The second kappa shape index (κ2) is 6.17. The third-order valence-electron chi connectivity index (χ3n) is 7.00. The first-order chi connectivity index (χ1) is 14.5. The summed E-state index contributed by atoms with van der Waals surface area (Å²) in [7, 11) is 0. The SMILES string of the molecule is CC1=CC(C(=O)N2CC3CC34CC(Oc3ccc(C)cn3)C24)=C(n2nccn2)NC1. The van der Waals surface area contributed by atoms with E-state index in [1.807, 2.05) is 43.2 Å². The molecule has 3 fully saturated rings. The second-order valence-corrected chi connectivity index (χ2v) is 9.00. The average Bonchev–Trinajstić information content (AvgIpc) is 3.10. The summed E-state index contributed by atoms with van der Waals surface area (Å²) >= 11 is 0. The van der Waals surface area contributed by atoms with Gasteiger partial charge in [-0.1, -0.05) is 11.6 Å². The van der Waals surface area contributed by atoms with Crippen molar-refractivity contribution in [3.63, 3.8) is 0 Å². The standard InChI is InChI=1S/C22H24N6O2/c1-13-3-4-18(23-10-13)30-17-9-22-8-15(22)12-27(19(17)22)21(29)16-7-14(2)11-24-20(16)28-25-5-6-26-28/h3-7,10,15,17,19,24H,8-9,11-12H2,1-2H3. The van der Waals surface area contributed by atoms with Crippen molar-refractivity contribution in [3.05, 3.63) is 53.5 Å². The minimum atomic E-state index is -0.00911. The number of hydrogen-bond donors (Lipinski definition) is 1. The van der Waals surface area contributed by atoms with Crippen LogP contribution in [0.25, 0.3) is 5.82 Å². The molecule has 4 atom stereocenters. The number of rotatable bonds is 4. The lowest BCUT2D eigenvalue weighted by Gasteiger charge is -2.47. The summed E-state index contributed by atoms with van der Waals surface area (Å²) in [5.41, 5.74) is 3.08. The molecular weight excluding hydrogens is 380 g/mol. The Labute approximate surface area is 174 Å². The van der Waals surface area contributed by atoms with Crippen LogP contribution in [0.3, 0.4) is 0 Å². The van der Waals surface area contributed by atoms with Crippen LogP contribution >= 0.6 is 0 Å². The number of carbonyl (C=O) groups is 1. The Morgan fingerprint density at radius 2 is 2.07 bits per heavy atom. The molecule has 30 heavy (non-hydrogen) atoms. The van der Waals surface area contributed by atoms with Crippen molar-refractivity contribution < 1.29 is 9.53 Å². The zero-order chi connectivity index (χ0) is 20.5. The maximum atomic E-state index is 13.7. The lowest BCUT2D eigenvalue weighted by atomic mass is 9.73. The first kappa shape index (κ1) is 17.7. The number of nitrogens with zero attached hydrogens (tertiary/aromatic N) is 5. The number of likely N-dealkylation sites (tertiary alicyclic amines) is 1. The molecule has 154 valence electrons. The molecule has 2 aromatic heterocycles. The third kappa shape index (κ3) is 2.52. The fraction of sp³-hybridized carbons (Fsp3) is 0.455. The highest BCUT2D eigenvalue weighted by molar-refractivity contribution is 6.02. The van der Waals surface area contributed by atoms with Gasteiger partial charge in [-0.15, -0.1) is 4.80 Å². The lowest BCUT2D eigenvalue weighted by molar-refractivity contribution is -0.136. The van der Waals surface area contributed by atoms with Gasteiger partial charge in [0.1, 0.15) is 6.10 Å². The van der Waals surface area contributed by atoms with E-state index in [-0.39, 0.29) is 23.5 Å². The van der Waals surface area contributed by atoms with E-state index in [9.17, 15) is 4.79 Å². The predicted octanol–water partition coefficient (Wildman–Crippen LogP) is 1.77. The van der Waals surface area contributed by atoms with Gasteiger partial charge in [-0.2, -0.15) is 10.2 Å². The molecule has 0 radical (unpaired) electrons. The van der Waals surface area contributed by atoms with E-state index in [1.165, 1.54) is 11.2 Å². The Bertz CT molecular complexity index is 1070. The zero-order valence-electron chi connectivity index (χ0n) is 17.1. The van der Waals surface area contributed by atoms with Crippen LogP contribution in [-0.2, 0) is 4.79 Å². The minimum absolute atomic E-state index is 0.00911. The molecule has 1 saturated heterocycles. The molecule has 0 bridgehead atoms. The zero-order valence-corrected chi connectivity index (χ0v) is 17.1. The molecule has 6 rings (SSSR count). The van der Waals surface area contributed by atoms with Crippen molar-refractivity contribution in [2.45, 2.75) is 38.8 Å². The summed E-state index contributed by atoms with van der Waals surface area (Å²) in [6.07, 6.45) is 9.20. The molecule has 2 aromatic rings. The van der Waals surface area contributed by atoms with Crippen molar-refractivity contribution in [2.75, 3.05) is 13.1 Å². The molecule has 1 amide bonds. The number of carbonyl (C=O) groups excluding carboxylic acids is 1. The summed E-state index contributed by atoms with van der Waals surface area (Å²) in [6.45, 7) is 5.50. The Balaban J connectivity index is 1.29. The summed E-state index contributed by atoms with van der Waals surface area (Å²) in [5.74, 6) is 1.89. The van der Waals surface area contributed by atoms with Gasteiger partial charge >= 0.3 is 0 Å². The van der Waals surface area contributed by atoms with Crippen LogP contribution in [0.5, 0.6) is 5.88 Å². The monoisotopic (exact) mass is 404 g/mol. The Morgan fingerprint density at radius 1 is 1.23 bits per heavy atom. The van der Waals surface area contributed by atoms with Crippen molar-refractivity contribution >= 4 is 11.7 Å². The van der Waals surface area contributed by atoms with E-state index in [4.69, 9.17) is 4.74 Å². The molecule has 2 aliphatic carbocycles. The van der Waals surface area contributed by atoms with Crippen LogP contribution in [-0.4, -0.2) is 56.0 Å². The number of hydrogen-bond acceptors (Lipinski definition) is 6. The molecular formula is C22H24N6O2. The number of piperidine rings is 1. The van der Waals surface area contributed by atoms with Crippen LogP contribution in [0.1, 0.15) is 25.3 Å². The van der Waals surface area contributed by atoms with Gasteiger partial charge in [0.2, 0.25) is 5.88 Å². The van der Waals surface area contributed by atoms with E-state index in [0.717, 1.165) is 24.1 Å². The number of aromatic nitrogens is 4. The van der Waals surface area contributed by atoms with Gasteiger partial charge in [-0.25, -0.2) is 4.98 Å². The van der Waals surface area contributed by atoms with Gasteiger partial charge in [0.25, 0.3) is 5.91 Å². The molecule has 2 aliphatic heterocycles. The van der Waals surface area contributed by atoms with Crippen LogP contribution < -0.4 is 10.1 Å². The van der Waals surface area contributed by atoms with Crippen molar-refractivity contribution in [1.29, 1.82) is 0 Å². The fourth-order valence-electron chi connectivity index (χ4n) is 5.44. The molecule has 4 unspecified atom stereocenters. The van der Waals surface area contributed by atoms with E-state index in [0.29, 0.717) is 29.7 Å². The summed E-state index contributed by atoms with van der Waals surface area (Å²) in [5, 5.41) is 11.8. The number of pyridine rings is 1. The summed E-state index contributed by atoms with van der Waals surface area (Å²) < 4.78 is 6.22. The number of dihydropyridines is 1. The van der Waals surface area contributed by atoms with Crippen molar-refractivity contribution in [2.24, 2.45) is 11.3 Å². The molecule has 2 saturated carbocycles. The number of amides is 1. The van der Waals surface area contributed by atoms with Gasteiger partial charge in [0, 0.05) is 30.8 Å². The molecule has 1 N–H and O–H groups in total. The highest BCUT2D eigenvalue weighted by atomic mass is 16.5. The lowest BCUT2D eigenvalue weighted by Crippen LogP contribution is -2.59. The fourth-order valence-corrected chi connectivity index (χ4v) is 5.44. The predicted molar refractivity (Wildman–Crippen MR) is 109 cm³/mol. The number of nitrogens with one attached hydrogen (secondary N) is 1. The Morgan fingerprint density at radius 3 is 2.83 bits per heavy atom. The average molecular weight is 404 g/mol. The minimum Gasteiger partial charge on any atom is -0.472 e. The van der Waals surface area contributed by atoms with Crippen molar-refractivity contribution in [3.8, 4) is 5.88 Å². The number of ether oxygens (including phenoxy) is 1. The summed E-state index contributed by atoms with van der Waals surface area (Å²) in [4.78, 5) is 21.6. The van der Waals surface area contributed by atoms with Crippen LogP contribution in [0.2, 0.25) is 0 Å². The van der Waals surface area contributed by atoms with Crippen LogP contribution in [0, 0.1) is 18.3 Å². The van der Waals surface area contributed by atoms with Gasteiger partial charge < -0.3 is 15.0 Å². The van der Waals surface area contributed by atoms with E-state index >= 15 is 0 Å². The maximum Gasteiger partial charge on any atom is 0.258 e. The van der Waals surface area contributed by atoms with Crippen molar-refractivity contribution in [1.82, 2.24) is 30.2 Å². The highest BCUT2D eigenvalue weighted by Crippen LogP contribution is 2.71. The highest BCUT2D eigenvalue weighted by Gasteiger charge is 2.76. The molecule has 4 aliphatic rings. The largest absolute Gasteiger partial charge is 0.472 e. The topological polar surface area (TPSA) is 85.2 Å². The van der Waals surface area contributed by atoms with Crippen LogP contribution in [0.15, 0.2) is 47.9 Å². The third-order valence-corrected chi connectivity index (χ3v) is 7.00. The molecule has 8 nitrogen and oxygen atoms in total. The van der Waals surface area contributed by atoms with Gasteiger partial charge in [0.15, 0.2) is 5.82 Å². The Hall–Kier alpha value is -3.16. The summed E-state index contributed by atoms with van der Waals surface area (Å²) in [6, 6.07) is 4.02. The molecule has 1 spiro atoms. The van der Waals surface area contributed by atoms with Crippen LogP contribution in [0.4, 0.5) is 0 Å². The number of aryl methyl sites for hydroxylation is 1. The maximum absolute atomic E-state index is 13.7. The van der Waals surface area contributed by atoms with Gasteiger partial charge in [-0.05, 0) is 44.2 Å². The molecule has 8 heteroatoms. The van der Waals surface area contributed by atoms with E-state index in [2.05, 4.69) is 20.5 Å². The Kier molecular flexibility index (Phi) is 3.63. The van der Waals surface area contributed by atoms with E-state index in [1.54, 1.807) is 12.4 Å². The molecule has 0 aromatic carbocycles. The van der Waals surface area contributed by atoms with Gasteiger partial charge in [-0.3, -0.25) is 4.79 Å². The quantitative estimate of drug-likeness (QED) is 0.836. The van der Waals surface area contributed by atoms with E-state index < -0.39 is 0 Å². The second-order valence-electron chi connectivity index (χ2n) is 9.00. The normalized spacial score (nSPS) is 31.3. The smallest absolute Gasteiger partial charge is 0.258 e. The molecule has 4 heterocycles. The first-order valence-corrected chi connectivity index (χ1v) is 10.5. The first-order valence-electron chi connectivity index (χ1n) is 10.5. The van der Waals surface area contributed by atoms with Gasteiger partial charge in [0.05, 0.1) is 24.0 Å².